The molecule has 1 saturated heterocycles. The van der Waals surface area contributed by atoms with Crippen LogP contribution in [0.5, 0.6) is 0 Å². The zero-order chi connectivity index (χ0) is 14.4. The van der Waals surface area contributed by atoms with Crippen LogP contribution in [0.2, 0.25) is 0 Å². The number of carbonyl (C=O) groups excluding carboxylic acids is 2. The molecule has 0 aromatic heterocycles. The van der Waals surface area contributed by atoms with Crippen molar-refractivity contribution >= 4 is 11.8 Å². The molecule has 0 saturated carbocycles. The standard InChI is InChI=1S/C15H21N3O2/c1-16-9-12-7-8-18(11-12)14(19)10-17-15(20)13-5-3-2-4-6-13/h2-6,12,16H,7-11H2,1H3,(H,17,20). The van der Waals surface area contributed by atoms with Crippen LogP contribution in [-0.2, 0) is 4.79 Å². The van der Waals surface area contributed by atoms with E-state index in [-0.39, 0.29) is 18.4 Å². The highest BCUT2D eigenvalue weighted by Gasteiger charge is 2.25. The Bertz CT molecular complexity index is 461. The average molecular weight is 275 g/mol. The zero-order valence-corrected chi connectivity index (χ0v) is 11.8. The average Bonchev–Trinajstić information content (AvgIpc) is 2.94. The number of hydrogen-bond donors (Lipinski definition) is 2. The monoisotopic (exact) mass is 275 g/mol. The Balaban J connectivity index is 1.77. The molecule has 1 fully saturated rings. The van der Waals surface area contributed by atoms with E-state index < -0.39 is 0 Å². The molecule has 0 spiro atoms. The van der Waals surface area contributed by atoms with Gasteiger partial charge < -0.3 is 15.5 Å². The second-order valence-electron chi connectivity index (χ2n) is 5.10. The fourth-order valence-electron chi connectivity index (χ4n) is 2.47. The minimum absolute atomic E-state index is 0.00659. The van der Waals surface area contributed by atoms with Crippen LogP contribution in [0.25, 0.3) is 0 Å². The maximum atomic E-state index is 12.0. The van der Waals surface area contributed by atoms with E-state index in [9.17, 15) is 9.59 Å². The highest BCUT2D eigenvalue weighted by Crippen LogP contribution is 2.14. The van der Waals surface area contributed by atoms with Gasteiger partial charge in [-0.3, -0.25) is 9.59 Å². The Labute approximate surface area is 119 Å². The lowest BCUT2D eigenvalue weighted by molar-refractivity contribution is -0.129. The number of nitrogens with one attached hydrogen (secondary N) is 2. The molecule has 5 nitrogen and oxygen atoms in total. The van der Waals surface area contributed by atoms with Crippen LogP contribution in [0.4, 0.5) is 0 Å². The Kier molecular flexibility index (Phi) is 5.12. The van der Waals surface area contributed by atoms with Crippen LogP contribution in [0.3, 0.4) is 0 Å². The fourth-order valence-corrected chi connectivity index (χ4v) is 2.47. The van der Waals surface area contributed by atoms with E-state index in [1.54, 1.807) is 24.3 Å². The number of carbonyl (C=O) groups is 2. The molecule has 20 heavy (non-hydrogen) atoms. The van der Waals surface area contributed by atoms with E-state index in [0.29, 0.717) is 11.5 Å². The smallest absolute Gasteiger partial charge is 0.251 e. The molecule has 5 heteroatoms. The van der Waals surface area contributed by atoms with E-state index in [1.807, 2.05) is 18.0 Å². The van der Waals surface area contributed by atoms with Crippen molar-refractivity contribution in [3.8, 4) is 0 Å². The van der Waals surface area contributed by atoms with Crippen LogP contribution < -0.4 is 10.6 Å². The van der Waals surface area contributed by atoms with Gasteiger partial charge in [-0.15, -0.1) is 0 Å². The lowest BCUT2D eigenvalue weighted by Gasteiger charge is -2.17. The van der Waals surface area contributed by atoms with Gasteiger partial charge in [0, 0.05) is 18.7 Å². The van der Waals surface area contributed by atoms with E-state index in [1.165, 1.54) is 0 Å². The molecule has 2 N–H and O–H groups in total. The first-order valence-electron chi connectivity index (χ1n) is 6.96. The predicted octanol–water partition coefficient (Wildman–Crippen LogP) is 0.484. The molecule has 1 atom stereocenters. The molecule has 2 rings (SSSR count). The van der Waals surface area contributed by atoms with Gasteiger partial charge in [0.1, 0.15) is 0 Å². The Morgan fingerprint density at radius 1 is 1.30 bits per heavy atom. The van der Waals surface area contributed by atoms with Crippen molar-refractivity contribution < 1.29 is 9.59 Å². The Morgan fingerprint density at radius 2 is 2.05 bits per heavy atom. The molecular formula is C15H21N3O2. The Hall–Kier alpha value is -1.88. The predicted molar refractivity (Wildman–Crippen MR) is 77.4 cm³/mol. The minimum atomic E-state index is -0.204. The van der Waals surface area contributed by atoms with Gasteiger partial charge in [0.2, 0.25) is 5.91 Å². The van der Waals surface area contributed by atoms with Crippen LogP contribution in [-0.4, -0.2) is 49.9 Å². The zero-order valence-electron chi connectivity index (χ0n) is 11.8. The molecule has 0 radical (unpaired) electrons. The third kappa shape index (κ3) is 3.81. The van der Waals surface area contributed by atoms with E-state index in [2.05, 4.69) is 10.6 Å². The van der Waals surface area contributed by atoms with Crippen LogP contribution >= 0.6 is 0 Å². The number of hydrogen-bond acceptors (Lipinski definition) is 3. The van der Waals surface area contributed by atoms with Gasteiger partial charge in [0.15, 0.2) is 0 Å². The van der Waals surface area contributed by atoms with E-state index >= 15 is 0 Å². The third-order valence-electron chi connectivity index (χ3n) is 3.57. The van der Waals surface area contributed by atoms with Crippen molar-refractivity contribution in [2.24, 2.45) is 5.92 Å². The summed E-state index contributed by atoms with van der Waals surface area (Å²) in [6.45, 7) is 2.56. The molecular weight excluding hydrogens is 254 g/mol. The summed E-state index contributed by atoms with van der Waals surface area (Å²) in [7, 11) is 1.92. The third-order valence-corrected chi connectivity index (χ3v) is 3.57. The largest absolute Gasteiger partial charge is 0.343 e. The number of rotatable bonds is 5. The number of benzene rings is 1. The second kappa shape index (κ2) is 7.05. The van der Waals surface area contributed by atoms with Crippen LogP contribution in [0.1, 0.15) is 16.8 Å². The SMILES string of the molecule is CNCC1CCN(C(=O)CNC(=O)c2ccccc2)C1. The first kappa shape index (κ1) is 14.5. The van der Waals surface area contributed by atoms with E-state index in [0.717, 1.165) is 26.1 Å². The molecule has 0 bridgehead atoms. The summed E-state index contributed by atoms with van der Waals surface area (Å²) in [6, 6.07) is 8.93. The number of amides is 2. The van der Waals surface area contributed by atoms with Gasteiger partial charge in [0.25, 0.3) is 5.91 Å². The lowest BCUT2D eigenvalue weighted by atomic mass is 10.1. The van der Waals surface area contributed by atoms with Gasteiger partial charge in [-0.05, 0) is 38.1 Å². The highest BCUT2D eigenvalue weighted by atomic mass is 16.2. The van der Waals surface area contributed by atoms with Crippen LogP contribution in [0, 0.1) is 5.92 Å². The van der Waals surface area contributed by atoms with Gasteiger partial charge in [-0.2, -0.15) is 0 Å². The summed E-state index contributed by atoms with van der Waals surface area (Å²) in [5, 5.41) is 5.81. The van der Waals surface area contributed by atoms with Crippen molar-refractivity contribution in [3.63, 3.8) is 0 Å². The summed E-state index contributed by atoms with van der Waals surface area (Å²) in [4.78, 5) is 25.7. The maximum Gasteiger partial charge on any atom is 0.251 e. The number of nitrogens with zero attached hydrogens (tertiary/aromatic N) is 1. The van der Waals surface area contributed by atoms with Crippen molar-refractivity contribution in [2.45, 2.75) is 6.42 Å². The van der Waals surface area contributed by atoms with Crippen molar-refractivity contribution in [1.29, 1.82) is 0 Å². The first-order chi connectivity index (χ1) is 9.70. The summed E-state index contributed by atoms with van der Waals surface area (Å²) >= 11 is 0. The quantitative estimate of drug-likeness (QED) is 0.822. The van der Waals surface area contributed by atoms with Crippen molar-refractivity contribution in [1.82, 2.24) is 15.5 Å². The van der Waals surface area contributed by atoms with Gasteiger partial charge in [0.05, 0.1) is 6.54 Å². The Morgan fingerprint density at radius 3 is 2.75 bits per heavy atom. The van der Waals surface area contributed by atoms with Gasteiger partial charge in [-0.25, -0.2) is 0 Å². The lowest BCUT2D eigenvalue weighted by Crippen LogP contribution is -2.39. The first-order valence-corrected chi connectivity index (χ1v) is 6.96. The molecule has 2 amide bonds. The van der Waals surface area contributed by atoms with E-state index in [4.69, 9.17) is 0 Å². The summed E-state index contributed by atoms with van der Waals surface area (Å²) in [5.74, 6) is 0.312. The molecule has 108 valence electrons. The molecule has 1 aliphatic heterocycles. The summed E-state index contributed by atoms with van der Waals surface area (Å²) in [5.41, 5.74) is 0.579. The topological polar surface area (TPSA) is 61.4 Å². The van der Waals surface area contributed by atoms with Gasteiger partial charge in [-0.1, -0.05) is 18.2 Å². The number of likely N-dealkylation sites (tertiary alicyclic amines) is 1. The molecule has 1 aromatic carbocycles. The molecule has 1 aromatic rings. The normalized spacial score (nSPS) is 18.1. The highest BCUT2D eigenvalue weighted by molar-refractivity contribution is 5.96. The van der Waals surface area contributed by atoms with Gasteiger partial charge >= 0.3 is 0 Å². The maximum absolute atomic E-state index is 12.0. The summed E-state index contributed by atoms with van der Waals surface area (Å²) in [6.07, 6.45) is 1.03. The summed E-state index contributed by atoms with van der Waals surface area (Å²) < 4.78 is 0. The molecule has 1 aliphatic rings. The molecule has 1 heterocycles. The van der Waals surface area contributed by atoms with Crippen molar-refractivity contribution in [3.05, 3.63) is 35.9 Å². The fraction of sp³-hybridized carbons (Fsp3) is 0.467. The molecule has 1 unspecified atom stereocenters. The van der Waals surface area contributed by atoms with Crippen molar-refractivity contribution in [2.75, 3.05) is 33.2 Å². The second-order valence-corrected chi connectivity index (χ2v) is 5.10. The van der Waals surface area contributed by atoms with Crippen LogP contribution in [0.15, 0.2) is 30.3 Å². The minimum Gasteiger partial charge on any atom is -0.343 e. The molecule has 0 aliphatic carbocycles.